The minimum atomic E-state index is -0.657. The third-order valence-corrected chi connectivity index (χ3v) is 4.39. The molecule has 2 aromatic heterocycles. The number of ketones is 1. The zero-order chi connectivity index (χ0) is 19.9. The highest BCUT2D eigenvalue weighted by atomic mass is 16.3. The summed E-state index contributed by atoms with van der Waals surface area (Å²) in [6.07, 6.45) is 2.57. The van der Waals surface area contributed by atoms with Crippen LogP contribution in [0.2, 0.25) is 0 Å². The van der Waals surface area contributed by atoms with E-state index in [-0.39, 0.29) is 11.2 Å². The summed E-state index contributed by atoms with van der Waals surface area (Å²) in [5, 5.41) is 15.1. The molecule has 6 heteroatoms. The van der Waals surface area contributed by atoms with Gasteiger partial charge in [-0.05, 0) is 37.0 Å². The van der Waals surface area contributed by atoms with Gasteiger partial charge in [0.25, 0.3) is 0 Å². The first kappa shape index (κ1) is 19.2. The van der Waals surface area contributed by atoms with Crippen LogP contribution in [0.4, 0.5) is 0 Å². The average Bonchev–Trinajstić information content (AvgIpc) is 2.92. The topological polar surface area (TPSA) is 80.9 Å². The molecule has 0 radical (unpaired) electrons. The standard InChI is InChI=1S/C21H26N4O2/c1-12-7-15(18-10-22-17(9-23-18)13(2)26)8-16-19(14(3)27)24-25(20(12)16)11-21(4,5)6/h7-10,13,26H,11H2,1-6H3. The lowest BCUT2D eigenvalue weighted by Crippen LogP contribution is -2.17. The van der Waals surface area contributed by atoms with Crippen LogP contribution in [0, 0.1) is 12.3 Å². The molecule has 0 saturated carbocycles. The summed E-state index contributed by atoms with van der Waals surface area (Å²) in [6, 6.07) is 4.00. The van der Waals surface area contributed by atoms with E-state index in [1.54, 1.807) is 26.2 Å². The van der Waals surface area contributed by atoms with Crippen LogP contribution in [0.1, 0.15) is 62.5 Å². The summed E-state index contributed by atoms with van der Waals surface area (Å²) in [5.41, 5.74) is 4.64. The van der Waals surface area contributed by atoms with Crippen LogP contribution < -0.4 is 0 Å². The van der Waals surface area contributed by atoms with Gasteiger partial charge in [0.15, 0.2) is 5.78 Å². The molecule has 1 N–H and O–H groups in total. The van der Waals surface area contributed by atoms with Crippen molar-refractivity contribution in [1.82, 2.24) is 19.7 Å². The quantitative estimate of drug-likeness (QED) is 0.703. The molecule has 1 atom stereocenters. The van der Waals surface area contributed by atoms with Crippen molar-refractivity contribution in [2.24, 2.45) is 5.41 Å². The number of aliphatic hydroxyl groups excluding tert-OH is 1. The van der Waals surface area contributed by atoms with Crippen molar-refractivity contribution in [2.75, 3.05) is 0 Å². The van der Waals surface area contributed by atoms with Crippen LogP contribution >= 0.6 is 0 Å². The van der Waals surface area contributed by atoms with Crippen LogP contribution in [0.3, 0.4) is 0 Å². The van der Waals surface area contributed by atoms with Gasteiger partial charge in [-0.25, -0.2) is 0 Å². The van der Waals surface area contributed by atoms with Gasteiger partial charge in [-0.15, -0.1) is 0 Å². The molecule has 1 aromatic carbocycles. The van der Waals surface area contributed by atoms with Crippen LogP contribution in [0.15, 0.2) is 24.5 Å². The van der Waals surface area contributed by atoms with Gasteiger partial charge in [0.05, 0.1) is 35.4 Å². The normalized spacial score (nSPS) is 13.1. The molecule has 0 spiro atoms. The number of hydrogen-bond acceptors (Lipinski definition) is 5. The van der Waals surface area contributed by atoms with Gasteiger partial charge in [0.1, 0.15) is 5.69 Å². The molecule has 0 aliphatic rings. The van der Waals surface area contributed by atoms with E-state index in [1.165, 1.54) is 0 Å². The van der Waals surface area contributed by atoms with Crippen LogP contribution in [-0.4, -0.2) is 30.6 Å². The molecule has 0 amide bonds. The van der Waals surface area contributed by atoms with Crippen molar-refractivity contribution < 1.29 is 9.90 Å². The number of aryl methyl sites for hydroxylation is 1. The van der Waals surface area contributed by atoms with E-state index < -0.39 is 6.10 Å². The van der Waals surface area contributed by atoms with E-state index in [0.717, 1.165) is 28.6 Å². The summed E-state index contributed by atoms with van der Waals surface area (Å²) in [7, 11) is 0. The maximum Gasteiger partial charge on any atom is 0.180 e. The molecule has 142 valence electrons. The SMILES string of the molecule is CC(=O)c1nn(CC(C)(C)C)c2c(C)cc(-c3cnc(C(C)O)cn3)cc12. The Balaban J connectivity index is 2.18. The number of hydrogen-bond donors (Lipinski definition) is 1. The number of aliphatic hydroxyl groups is 1. The third kappa shape index (κ3) is 3.90. The Morgan fingerprint density at radius 3 is 2.44 bits per heavy atom. The van der Waals surface area contributed by atoms with Crippen LogP contribution in [0.5, 0.6) is 0 Å². The third-order valence-electron chi connectivity index (χ3n) is 4.39. The van der Waals surface area contributed by atoms with Crippen LogP contribution in [0.25, 0.3) is 22.2 Å². The van der Waals surface area contributed by atoms with E-state index in [1.807, 2.05) is 23.7 Å². The molecule has 3 aromatic rings. The first-order valence-corrected chi connectivity index (χ1v) is 9.09. The fourth-order valence-electron chi connectivity index (χ4n) is 3.20. The molecular weight excluding hydrogens is 340 g/mol. The predicted octanol–water partition coefficient (Wildman–Crippen LogP) is 4.10. The number of rotatable bonds is 4. The van der Waals surface area contributed by atoms with Crippen molar-refractivity contribution in [2.45, 2.75) is 54.2 Å². The van der Waals surface area contributed by atoms with E-state index in [2.05, 4.69) is 35.8 Å². The maximum atomic E-state index is 12.2. The highest BCUT2D eigenvalue weighted by molar-refractivity contribution is 6.06. The second kappa shape index (κ2) is 6.85. The van der Waals surface area contributed by atoms with Gasteiger partial charge in [0, 0.05) is 24.4 Å². The number of carbonyl (C=O) groups excluding carboxylic acids is 1. The van der Waals surface area contributed by atoms with Gasteiger partial charge in [-0.3, -0.25) is 19.4 Å². The molecule has 1 unspecified atom stereocenters. The number of nitrogens with zero attached hydrogens (tertiary/aromatic N) is 4. The van der Waals surface area contributed by atoms with Gasteiger partial charge in [-0.2, -0.15) is 5.10 Å². The fourth-order valence-corrected chi connectivity index (χ4v) is 3.20. The molecule has 0 saturated heterocycles. The maximum absolute atomic E-state index is 12.2. The number of benzene rings is 1. The minimum absolute atomic E-state index is 0.0421. The Bertz CT molecular complexity index is 996. The number of carbonyl (C=O) groups is 1. The van der Waals surface area contributed by atoms with Gasteiger partial charge < -0.3 is 5.11 Å². The van der Waals surface area contributed by atoms with E-state index in [4.69, 9.17) is 0 Å². The number of Topliss-reactive ketones (excluding diaryl/α,β-unsaturated/α-hetero) is 1. The minimum Gasteiger partial charge on any atom is -0.387 e. The number of aromatic nitrogens is 4. The van der Waals surface area contributed by atoms with Gasteiger partial charge in [-0.1, -0.05) is 20.8 Å². The lowest BCUT2D eigenvalue weighted by Gasteiger charge is -2.19. The average molecular weight is 366 g/mol. The smallest absolute Gasteiger partial charge is 0.180 e. The Hall–Kier alpha value is -2.60. The first-order valence-electron chi connectivity index (χ1n) is 9.09. The zero-order valence-electron chi connectivity index (χ0n) is 16.7. The lowest BCUT2D eigenvalue weighted by atomic mass is 9.96. The summed E-state index contributed by atoms with van der Waals surface area (Å²) in [4.78, 5) is 20.9. The Morgan fingerprint density at radius 1 is 1.22 bits per heavy atom. The second-order valence-corrected chi connectivity index (χ2v) is 8.31. The predicted molar refractivity (Wildman–Crippen MR) is 106 cm³/mol. The Kier molecular flexibility index (Phi) is 4.86. The first-order chi connectivity index (χ1) is 12.6. The van der Waals surface area contributed by atoms with E-state index in [0.29, 0.717) is 17.1 Å². The second-order valence-electron chi connectivity index (χ2n) is 8.31. The van der Waals surface area contributed by atoms with Crippen molar-refractivity contribution >= 4 is 16.7 Å². The summed E-state index contributed by atoms with van der Waals surface area (Å²) in [5.74, 6) is -0.0558. The highest BCUT2D eigenvalue weighted by Gasteiger charge is 2.21. The molecule has 6 nitrogen and oxygen atoms in total. The monoisotopic (exact) mass is 366 g/mol. The summed E-state index contributed by atoms with van der Waals surface area (Å²) in [6.45, 7) is 12.4. The summed E-state index contributed by atoms with van der Waals surface area (Å²) >= 11 is 0. The Morgan fingerprint density at radius 2 is 1.93 bits per heavy atom. The van der Waals surface area contributed by atoms with Crippen molar-refractivity contribution in [1.29, 1.82) is 0 Å². The molecule has 0 aliphatic heterocycles. The van der Waals surface area contributed by atoms with Crippen molar-refractivity contribution in [3.8, 4) is 11.3 Å². The van der Waals surface area contributed by atoms with E-state index in [9.17, 15) is 9.90 Å². The number of fused-ring (bicyclic) bond motifs is 1. The molecule has 2 heterocycles. The highest BCUT2D eigenvalue weighted by Crippen LogP contribution is 2.31. The van der Waals surface area contributed by atoms with E-state index >= 15 is 0 Å². The largest absolute Gasteiger partial charge is 0.387 e. The van der Waals surface area contributed by atoms with Gasteiger partial charge in [0.2, 0.25) is 0 Å². The molecule has 3 rings (SSSR count). The molecule has 0 aliphatic carbocycles. The van der Waals surface area contributed by atoms with Crippen molar-refractivity contribution in [3.63, 3.8) is 0 Å². The zero-order valence-corrected chi connectivity index (χ0v) is 16.7. The molecule has 0 bridgehead atoms. The van der Waals surface area contributed by atoms with Crippen molar-refractivity contribution in [3.05, 3.63) is 41.5 Å². The summed E-state index contributed by atoms with van der Waals surface area (Å²) < 4.78 is 1.94. The van der Waals surface area contributed by atoms with Gasteiger partial charge >= 0.3 is 0 Å². The lowest BCUT2D eigenvalue weighted by molar-refractivity contribution is 0.101. The Labute approximate surface area is 159 Å². The van der Waals surface area contributed by atoms with Crippen LogP contribution in [-0.2, 0) is 6.54 Å². The molecule has 0 fully saturated rings. The molecular formula is C21H26N4O2. The fraction of sp³-hybridized carbons (Fsp3) is 0.429. The molecule has 27 heavy (non-hydrogen) atoms.